The Morgan fingerprint density at radius 1 is 1.50 bits per heavy atom. The van der Waals surface area contributed by atoms with Crippen LogP contribution in [0, 0.1) is 10.1 Å². The Hall–Kier alpha value is -2.48. The first-order valence-electron chi connectivity index (χ1n) is 5.66. The highest BCUT2D eigenvalue weighted by atomic mass is 32.1. The SMILES string of the molecule is CC(Nc1nc(C(=O)O)ccc1[N+](=O)[O-])c1ccsc1. The Morgan fingerprint density at radius 2 is 2.25 bits per heavy atom. The maximum atomic E-state index is 11.0. The lowest BCUT2D eigenvalue weighted by Crippen LogP contribution is -2.11. The van der Waals surface area contributed by atoms with Gasteiger partial charge in [0.25, 0.3) is 0 Å². The summed E-state index contributed by atoms with van der Waals surface area (Å²) in [5.41, 5.74) is 0.458. The quantitative estimate of drug-likeness (QED) is 0.648. The Bertz CT molecular complexity index is 642. The van der Waals surface area contributed by atoms with E-state index in [9.17, 15) is 14.9 Å². The molecule has 0 fully saturated rings. The number of thiophene rings is 1. The zero-order valence-electron chi connectivity index (χ0n) is 10.4. The first kappa shape index (κ1) is 13.9. The van der Waals surface area contributed by atoms with Crippen LogP contribution in [0.3, 0.4) is 0 Å². The van der Waals surface area contributed by atoms with Gasteiger partial charge in [0.05, 0.1) is 11.0 Å². The van der Waals surface area contributed by atoms with Crippen molar-refractivity contribution >= 4 is 28.8 Å². The number of carboxylic acids is 1. The molecule has 1 atom stereocenters. The fourth-order valence-corrected chi connectivity index (χ4v) is 2.39. The van der Waals surface area contributed by atoms with E-state index < -0.39 is 10.9 Å². The number of nitro groups is 1. The third kappa shape index (κ3) is 2.91. The molecule has 1 unspecified atom stereocenters. The number of rotatable bonds is 5. The van der Waals surface area contributed by atoms with Crippen LogP contribution in [0.5, 0.6) is 0 Å². The van der Waals surface area contributed by atoms with Gasteiger partial charge in [-0.3, -0.25) is 10.1 Å². The number of nitrogens with zero attached hydrogens (tertiary/aromatic N) is 2. The van der Waals surface area contributed by atoms with Crippen molar-refractivity contribution in [3.63, 3.8) is 0 Å². The number of hydrogen-bond acceptors (Lipinski definition) is 6. The van der Waals surface area contributed by atoms with E-state index in [0.29, 0.717) is 0 Å². The molecule has 0 aliphatic rings. The molecule has 2 aromatic heterocycles. The highest BCUT2D eigenvalue weighted by Gasteiger charge is 2.20. The van der Waals surface area contributed by atoms with Crippen LogP contribution in [0.2, 0.25) is 0 Å². The number of carbonyl (C=O) groups is 1. The first-order chi connectivity index (χ1) is 9.49. The molecule has 0 amide bonds. The predicted molar refractivity (Wildman–Crippen MR) is 74.2 cm³/mol. The average Bonchev–Trinajstić information content (AvgIpc) is 2.92. The maximum absolute atomic E-state index is 11.0. The van der Waals surface area contributed by atoms with Crippen LogP contribution in [0.4, 0.5) is 11.5 Å². The molecule has 20 heavy (non-hydrogen) atoms. The van der Waals surface area contributed by atoms with Crippen molar-refractivity contribution in [3.8, 4) is 0 Å². The number of carboxylic acid groups (broad SMARTS) is 1. The Balaban J connectivity index is 2.35. The molecule has 2 heterocycles. The maximum Gasteiger partial charge on any atom is 0.354 e. The largest absolute Gasteiger partial charge is 0.477 e. The molecule has 0 aromatic carbocycles. The van der Waals surface area contributed by atoms with E-state index in [2.05, 4.69) is 10.3 Å². The van der Waals surface area contributed by atoms with Gasteiger partial charge in [0.1, 0.15) is 0 Å². The van der Waals surface area contributed by atoms with Gasteiger partial charge < -0.3 is 10.4 Å². The van der Waals surface area contributed by atoms with Crippen LogP contribution in [-0.4, -0.2) is 21.0 Å². The fraction of sp³-hybridized carbons (Fsp3) is 0.167. The second kappa shape index (κ2) is 5.66. The standard InChI is InChI=1S/C12H11N3O4S/c1-7(8-4-5-20-6-8)13-11-10(15(18)19)3-2-9(14-11)12(16)17/h2-7H,1H3,(H,13,14)(H,16,17). The number of nitrogens with one attached hydrogen (secondary N) is 1. The molecule has 104 valence electrons. The minimum Gasteiger partial charge on any atom is -0.477 e. The molecule has 0 spiro atoms. The highest BCUT2D eigenvalue weighted by Crippen LogP contribution is 2.27. The summed E-state index contributed by atoms with van der Waals surface area (Å²) in [6, 6.07) is 3.92. The van der Waals surface area contributed by atoms with E-state index in [4.69, 9.17) is 5.11 Å². The van der Waals surface area contributed by atoms with Crippen LogP contribution in [0.25, 0.3) is 0 Å². The van der Waals surface area contributed by atoms with E-state index in [1.807, 2.05) is 23.8 Å². The van der Waals surface area contributed by atoms with Crippen molar-refractivity contribution in [2.24, 2.45) is 0 Å². The lowest BCUT2D eigenvalue weighted by molar-refractivity contribution is -0.384. The van der Waals surface area contributed by atoms with Gasteiger partial charge in [-0.2, -0.15) is 11.3 Å². The van der Waals surface area contributed by atoms with E-state index in [0.717, 1.165) is 17.7 Å². The number of aromatic carboxylic acids is 1. The van der Waals surface area contributed by atoms with Gasteiger partial charge in [-0.05, 0) is 35.4 Å². The van der Waals surface area contributed by atoms with Crippen LogP contribution >= 0.6 is 11.3 Å². The van der Waals surface area contributed by atoms with Crippen molar-refractivity contribution in [1.82, 2.24) is 4.98 Å². The molecule has 2 N–H and O–H groups in total. The molecule has 8 heteroatoms. The lowest BCUT2D eigenvalue weighted by atomic mass is 10.2. The number of aromatic nitrogens is 1. The second-order valence-corrected chi connectivity index (χ2v) is 4.83. The molecule has 0 radical (unpaired) electrons. The van der Waals surface area contributed by atoms with Gasteiger partial charge in [0.15, 0.2) is 5.69 Å². The minimum absolute atomic E-state index is 0.0476. The Kier molecular flexibility index (Phi) is 3.94. The molecule has 2 rings (SSSR count). The monoisotopic (exact) mass is 293 g/mol. The summed E-state index contributed by atoms with van der Waals surface area (Å²) < 4.78 is 0. The van der Waals surface area contributed by atoms with E-state index in [1.54, 1.807) is 0 Å². The van der Waals surface area contributed by atoms with Crippen molar-refractivity contribution in [1.29, 1.82) is 0 Å². The smallest absolute Gasteiger partial charge is 0.354 e. The number of pyridine rings is 1. The fourth-order valence-electron chi connectivity index (χ4n) is 1.63. The van der Waals surface area contributed by atoms with Gasteiger partial charge in [-0.25, -0.2) is 9.78 Å². The third-order valence-electron chi connectivity index (χ3n) is 2.69. The average molecular weight is 293 g/mol. The van der Waals surface area contributed by atoms with Crippen LogP contribution in [0.15, 0.2) is 29.0 Å². The number of anilines is 1. The summed E-state index contributed by atoms with van der Waals surface area (Å²) >= 11 is 1.51. The molecule has 0 saturated carbocycles. The summed E-state index contributed by atoms with van der Waals surface area (Å²) in [6.07, 6.45) is 0. The van der Waals surface area contributed by atoms with Gasteiger partial charge in [0.2, 0.25) is 5.82 Å². The lowest BCUT2D eigenvalue weighted by Gasteiger charge is -2.13. The van der Waals surface area contributed by atoms with Crippen LogP contribution < -0.4 is 5.32 Å². The Morgan fingerprint density at radius 3 is 2.80 bits per heavy atom. The van der Waals surface area contributed by atoms with Gasteiger partial charge >= 0.3 is 11.7 Å². The topological polar surface area (TPSA) is 105 Å². The van der Waals surface area contributed by atoms with E-state index in [-0.39, 0.29) is 23.2 Å². The molecule has 2 aromatic rings. The zero-order valence-corrected chi connectivity index (χ0v) is 11.3. The third-order valence-corrected chi connectivity index (χ3v) is 3.39. The summed E-state index contributed by atoms with van der Waals surface area (Å²) in [6.45, 7) is 1.82. The molecule has 0 bridgehead atoms. The predicted octanol–water partition coefficient (Wildman–Crippen LogP) is 2.92. The summed E-state index contributed by atoms with van der Waals surface area (Å²) in [5, 5.41) is 26.5. The van der Waals surface area contributed by atoms with Crippen molar-refractivity contribution in [3.05, 3.63) is 50.3 Å². The van der Waals surface area contributed by atoms with Crippen molar-refractivity contribution in [2.45, 2.75) is 13.0 Å². The molecule has 0 aliphatic carbocycles. The van der Waals surface area contributed by atoms with Crippen molar-refractivity contribution < 1.29 is 14.8 Å². The van der Waals surface area contributed by atoms with Gasteiger partial charge in [-0.15, -0.1) is 0 Å². The van der Waals surface area contributed by atoms with E-state index >= 15 is 0 Å². The summed E-state index contributed by atoms with van der Waals surface area (Å²) in [5.74, 6) is -1.28. The highest BCUT2D eigenvalue weighted by molar-refractivity contribution is 7.07. The Labute approximate surface area is 118 Å². The van der Waals surface area contributed by atoms with Gasteiger partial charge in [-0.1, -0.05) is 0 Å². The molecule has 0 saturated heterocycles. The van der Waals surface area contributed by atoms with Gasteiger partial charge in [0, 0.05) is 6.07 Å². The summed E-state index contributed by atoms with van der Waals surface area (Å²) in [7, 11) is 0. The van der Waals surface area contributed by atoms with Crippen LogP contribution in [0.1, 0.15) is 29.0 Å². The molecule has 7 nitrogen and oxygen atoms in total. The zero-order chi connectivity index (χ0) is 14.7. The molecule has 0 aliphatic heterocycles. The molecular formula is C12H11N3O4S. The van der Waals surface area contributed by atoms with Crippen LogP contribution in [-0.2, 0) is 0 Å². The molecular weight excluding hydrogens is 282 g/mol. The second-order valence-electron chi connectivity index (χ2n) is 4.05. The number of hydrogen-bond donors (Lipinski definition) is 2. The minimum atomic E-state index is -1.23. The first-order valence-corrected chi connectivity index (χ1v) is 6.60. The normalized spacial score (nSPS) is 11.8. The van der Waals surface area contributed by atoms with Crippen molar-refractivity contribution in [2.75, 3.05) is 5.32 Å². The summed E-state index contributed by atoms with van der Waals surface area (Å²) in [4.78, 5) is 25.0. The van der Waals surface area contributed by atoms with E-state index in [1.165, 1.54) is 11.3 Å².